The van der Waals surface area contributed by atoms with Crippen LogP contribution in [0.3, 0.4) is 0 Å². The van der Waals surface area contributed by atoms with E-state index in [-0.39, 0.29) is 40.9 Å². The highest BCUT2D eigenvalue weighted by atomic mass is 19.1. The van der Waals surface area contributed by atoms with Gasteiger partial charge in [0.25, 0.3) is 11.5 Å². The number of aromatic nitrogens is 4. The molecule has 1 aliphatic carbocycles. The lowest BCUT2D eigenvalue weighted by Gasteiger charge is -2.35. The van der Waals surface area contributed by atoms with E-state index in [9.17, 15) is 14.0 Å². The SMILES string of the molecule is CC(C)Oc1nc2nc([C@@]3(C)CCC(CF)OC3)cn2cc1C(=O)Nc1cccn(C2CC2)c1=O. The maximum absolute atomic E-state index is 13.3. The van der Waals surface area contributed by atoms with E-state index < -0.39 is 18.0 Å². The van der Waals surface area contributed by atoms with E-state index >= 15 is 0 Å². The molecule has 0 radical (unpaired) electrons. The molecule has 186 valence electrons. The monoisotopic (exact) mass is 483 g/mol. The number of pyridine rings is 1. The summed E-state index contributed by atoms with van der Waals surface area (Å²) in [6.07, 6.45) is 7.85. The van der Waals surface area contributed by atoms with Crippen LogP contribution in [0, 0.1) is 0 Å². The minimum atomic E-state index is -0.496. The summed E-state index contributed by atoms with van der Waals surface area (Å²) in [4.78, 5) is 35.3. The fourth-order valence-electron chi connectivity index (χ4n) is 4.36. The van der Waals surface area contributed by atoms with Crippen LogP contribution in [0.2, 0.25) is 0 Å². The highest BCUT2D eigenvalue weighted by Crippen LogP contribution is 2.35. The maximum atomic E-state index is 13.3. The number of fused-ring (bicyclic) bond motifs is 1. The van der Waals surface area contributed by atoms with Crippen molar-refractivity contribution < 1.29 is 18.7 Å². The van der Waals surface area contributed by atoms with Crippen molar-refractivity contribution in [3.05, 3.63) is 52.3 Å². The van der Waals surface area contributed by atoms with E-state index in [2.05, 4.69) is 15.3 Å². The zero-order valence-electron chi connectivity index (χ0n) is 20.2. The summed E-state index contributed by atoms with van der Waals surface area (Å²) in [5.41, 5.74) is 0.536. The van der Waals surface area contributed by atoms with Crippen molar-refractivity contribution >= 4 is 17.4 Å². The number of imidazole rings is 1. The van der Waals surface area contributed by atoms with Gasteiger partial charge in [-0.2, -0.15) is 4.98 Å². The quantitative estimate of drug-likeness (QED) is 0.551. The van der Waals surface area contributed by atoms with E-state index in [0.29, 0.717) is 18.8 Å². The second-order valence-electron chi connectivity index (χ2n) is 9.97. The van der Waals surface area contributed by atoms with Gasteiger partial charge in [-0.15, -0.1) is 0 Å². The first-order chi connectivity index (χ1) is 16.8. The van der Waals surface area contributed by atoms with Crippen molar-refractivity contribution in [1.29, 1.82) is 0 Å². The third-order valence-electron chi connectivity index (χ3n) is 6.61. The zero-order chi connectivity index (χ0) is 24.7. The Morgan fingerprint density at radius 2 is 2.11 bits per heavy atom. The van der Waals surface area contributed by atoms with Crippen molar-refractivity contribution in [3.8, 4) is 5.88 Å². The number of halogens is 1. The lowest BCUT2D eigenvalue weighted by molar-refractivity contribution is -0.0369. The van der Waals surface area contributed by atoms with Gasteiger partial charge in [0.1, 0.15) is 17.9 Å². The predicted octanol–water partition coefficient (Wildman–Crippen LogP) is 3.67. The van der Waals surface area contributed by atoms with Crippen LogP contribution in [0.5, 0.6) is 5.88 Å². The van der Waals surface area contributed by atoms with Crippen LogP contribution >= 0.6 is 0 Å². The number of carbonyl (C=O) groups excluding carboxylic acids is 1. The fourth-order valence-corrected chi connectivity index (χ4v) is 4.36. The number of ether oxygens (including phenoxy) is 2. The van der Waals surface area contributed by atoms with E-state index in [1.165, 1.54) is 0 Å². The normalized spacial score (nSPS) is 22.5. The van der Waals surface area contributed by atoms with Gasteiger partial charge in [0.05, 0.1) is 24.5 Å². The Labute approximate surface area is 202 Å². The second-order valence-corrected chi connectivity index (χ2v) is 9.97. The van der Waals surface area contributed by atoms with Gasteiger partial charge in [0.2, 0.25) is 11.7 Å². The highest BCUT2D eigenvalue weighted by Gasteiger charge is 2.36. The van der Waals surface area contributed by atoms with Crippen LogP contribution in [0.4, 0.5) is 10.1 Å². The first kappa shape index (κ1) is 23.5. The van der Waals surface area contributed by atoms with Crippen LogP contribution in [-0.2, 0) is 10.2 Å². The van der Waals surface area contributed by atoms with Crippen LogP contribution in [0.15, 0.2) is 35.5 Å². The number of anilines is 1. The number of carbonyl (C=O) groups is 1. The summed E-state index contributed by atoms with van der Waals surface area (Å²) in [5, 5.41) is 2.74. The molecule has 1 N–H and O–H groups in total. The van der Waals surface area contributed by atoms with Crippen LogP contribution in [-0.4, -0.2) is 50.3 Å². The molecule has 1 saturated heterocycles. The molecule has 2 atom stereocenters. The Hall–Kier alpha value is -3.27. The Morgan fingerprint density at radius 1 is 1.31 bits per heavy atom. The summed E-state index contributed by atoms with van der Waals surface area (Å²) in [5.74, 6) is 0.0360. The van der Waals surface area contributed by atoms with Crippen molar-refractivity contribution in [3.63, 3.8) is 0 Å². The standard InChI is InChI=1S/C25H30FN5O4/c1-15(2)35-22-18(21(32)27-19-5-4-10-31(23(19)33)16-6-7-16)12-30-13-20(28-24(30)29-22)25(3)9-8-17(11-26)34-14-25/h4-5,10,12-13,15-17H,6-9,11,14H2,1-3H3,(H,27,32)/t17?,25-/m0/s1. The van der Waals surface area contributed by atoms with Gasteiger partial charge in [-0.05, 0) is 51.7 Å². The minimum Gasteiger partial charge on any atom is -0.474 e. The molecule has 2 aliphatic rings. The van der Waals surface area contributed by atoms with Crippen LogP contribution in [0.1, 0.15) is 68.5 Å². The molecule has 35 heavy (non-hydrogen) atoms. The number of hydrogen-bond acceptors (Lipinski definition) is 6. The van der Waals surface area contributed by atoms with Crippen molar-refractivity contribution in [2.45, 2.75) is 70.1 Å². The van der Waals surface area contributed by atoms with Crippen molar-refractivity contribution in [1.82, 2.24) is 18.9 Å². The second kappa shape index (κ2) is 9.07. The number of nitrogens with zero attached hydrogens (tertiary/aromatic N) is 4. The molecular formula is C25H30FN5O4. The maximum Gasteiger partial charge on any atom is 0.274 e. The number of alkyl halides is 1. The smallest absolute Gasteiger partial charge is 0.274 e. The van der Waals surface area contributed by atoms with Crippen molar-refractivity contribution in [2.75, 3.05) is 18.6 Å². The van der Waals surface area contributed by atoms with Gasteiger partial charge < -0.3 is 19.4 Å². The molecule has 9 nitrogen and oxygen atoms in total. The van der Waals surface area contributed by atoms with Gasteiger partial charge in [-0.3, -0.25) is 14.0 Å². The average Bonchev–Trinajstić information content (AvgIpc) is 3.58. The van der Waals surface area contributed by atoms with E-state index in [0.717, 1.165) is 25.0 Å². The summed E-state index contributed by atoms with van der Waals surface area (Å²) < 4.78 is 27.8. The first-order valence-corrected chi connectivity index (χ1v) is 12.0. The third kappa shape index (κ3) is 4.67. The number of hydrogen-bond donors (Lipinski definition) is 1. The van der Waals surface area contributed by atoms with E-state index in [1.54, 1.807) is 33.5 Å². The van der Waals surface area contributed by atoms with Gasteiger partial charge in [-0.1, -0.05) is 6.92 Å². The lowest BCUT2D eigenvalue weighted by Crippen LogP contribution is -2.38. The molecule has 4 heterocycles. The molecular weight excluding hydrogens is 453 g/mol. The Kier molecular flexibility index (Phi) is 6.08. The molecule has 0 aromatic carbocycles. The minimum absolute atomic E-state index is 0.142. The highest BCUT2D eigenvalue weighted by molar-refractivity contribution is 6.05. The van der Waals surface area contributed by atoms with Gasteiger partial charge in [0, 0.05) is 30.0 Å². The Balaban J connectivity index is 1.48. The van der Waals surface area contributed by atoms with Gasteiger partial charge in [-0.25, -0.2) is 9.37 Å². The molecule has 0 bridgehead atoms. The Morgan fingerprint density at radius 3 is 2.77 bits per heavy atom. The molecule has 0 spiro atoms. The predicted molar refractivity (Wildman–Crippen MR) is 128 cm³/mol. The summed E-state index contributed by atoms with van der Waals surface area (Å²) in [6, 6.07) is 3.55. The summed E-state index contributed by atoms with van der Waals surface area (Å²) in [7, 11) is 0. The number of amides is 1. The van der Waals surface area contributed by atoms with E-state index in [4.69, 9.17) is 9.47 Å². The largest absolute Gasteiger partial charge is 0.474 e. The molecule has 3 aromatic rings. The third-order valence-corrected chi connectivity index (χ3v) is 6.61. The topological polar surface area (TPSA) is 99.8 Å². The Bertz CT molecular complexity index is 1300. The molecule has 1 amide bonds. The molecule has 5 rings (SSSR count). The van der Waals surface area contributed by atoms with Crippen LogP contribution < -0.4 is 15.6 Å². The molecule has 10 heteroatoms. The summed E-state index contributed by atoms with van der Waals surface area (Å²) in [6.45, 7) is 5.58. The average molecular weight is 484 g/mol. The molecule has 1 aliphatic heterocycles. The van der Waals surface area contributed by atoms with Gasteiger partial charge >= 0.3 is 0 Å². The fraction of sp³-hybridized carbons (Fsp3) is 0.520. The van der Waals surface area contributed by atoms with Gasteiger partial charge in [0.15, 0.2) is 0 Å². The molecule has 3 aromatic heterocycles. The molecule has 2 fully saturated rings. The molecule has 1 unspecified atom stereocenters. The first-order valence-electron chi connectivity index (χ1n) is 12.0. The summed E-state index contributed by atoms with van der Waals surface area (Å²) >= 11 is 0. The number of rotatable bonds is 7. The van der Waals surface area contributed by atoms with Crippen molar-refractivity contribution in [2.24, 2.45) is 0 Å². The zero-order valence-corrected chi connectivity index (χ0v) is 20.2. The molecule has 1 saturated carbocycles. The number of nitrogens with one attached hydrogen (secondary N) is 1. The lowest BCUT2D eigenvalue weighted by atomic mass is 9.80. The van der Waals surface area contributed by atoms with Crippen LogP contribution in [0.25, 0.3) is 5.78 Å². The van der Waals surface area contributed by atoms with E-state index in [1.807, 2.05) is 27.0 Å².